The maximum Gasteiger partial charge on any atom is 0.249 e. The van der Waals surface area contributed by atoms with Crippen LogP contribution in [0, 0.1) is 0 Å². The number of hydrogen-bond acceptors (Lipinski definition) is 5. The van der Waals surface area contributed by atoms with Crippen molar-refractivity contribution in [2.24, 2.45) is 0 Å². The number of nitrogens with one attached hydrogen (secondary N) is 1. The van der Waals surface area contributed by atoms with Crippen LogP contribution in [0.2, 0.25) is 0 Å². The number of unbranched alkanes of at least 4 members (excludes halogenated alkanes) is 44. The molecule has 6 nitrogen and oxygen atoms in total. The van der Waals surface area contributed by atoms with Gasteiger partial charge >= 0.3 is 0 Å². The minimum absolute atomic E-state index is 0.365. The summed E-state index contributed by atoms with van der Waals surface area (Å²) < 4.78 is 0. The first-order valence-corrected chi connectivity index (χ1v) is 30.7. The second-order valence-corrected chi connectivity index (χ2v) is 21.4. The number of hydrogen-bond donors (Lipinski definition) is 5. The average molecular weight is 961 g/mol. The number of aliphatic hydroxyl groups is 4. The predicted octanol–water partition coefficient (Wildman–Crippen LogP) is 18.2. The van der Waals surface area contributed by atoms with Crippen LogP contribution in [-0.2, 0) is 4.79 Å². The second kappa shape index (κ2) is 56.7. The second-order valence-electron chi connectivity index (χ2n) is 21.4. The minimum atomic E-state index is -1.29. The Labute approximate surface area is 425 Å². The van der Waals surface area contributed by atoms with E-state index in [4.69, 9.17) is 0 Å². The number of carbonyl (C=O) groups excluding carboxylic acids is 1. The van der Waals surface area contributed by atoms with Gasteiger partial charge in [0.25, 0.3) is 0 Å². The summed E-state index contributed by atoms with van der Waals surface area (Å²) in [5.74, 6) is -0.592. The summed E-state index contributed by atoms with van der Waals surface area (Å²) in [4.78, 5) is 12.6. The van der Waals surface area contributed by atoms with Crippen LogP contribution in [0.4, 0.5) is 0 Å². The van der Waals surface area contributed by atoms with Crippen LogP contribution in [-0.4, -0.2) is 57.3 Å². The molecule has 0 spiro atoms. The largest absolute Gasteiger partial charge is 0.394 e. The molecule has 0 saturated carbocycles. The lowest BCUT2D eigenvalue weighted by Gasteiger charge is -2.27. The van der Waals surface area contributed by atoms with E-state index in [0.29, 0.717) is 19.3 Å². The Bertz CT molecular complexity index is 1030. The molecule has 0 aromatic heterocycles. The standard InChI is InChI=1S/C62H121NO5/c1-3-5-7-9-11-13-15-17-19-20-21-22-23-24-25-26-27-28-29-30-31-32-33-34-35-36-37-38-39-40-41-42-44-46-48-50-52-54-56-60(66)62(68)63-58(57-64)61(67)59(65)55-53-51-49-47-45-43-18-16-14-12-10-8-6-4-2/h16,18,47,49,58-61,64-67H,3-15,17,19-46,48,50-57H2,1-2H3,(H,63,68)/b18-16+,49-47+. The third-order valence-electron chi connectivity index (χ3n) is 14.6. The lowest BCUT2D eigenvalue weighted by Crippen LogP contribution is -2.53. The normalized spacial score (nSPS) is 13.8. The first-order valence-electron chi connectivity index (χ1n) is 30.7. The Kier molecular flexibility index (Phi) is 55.7. The highest BCUT2D eigenvalue weighted by Crippen LogP contribution is 2.19. The summed E-state index contributed by atoms with van der Waals surface area (Å²) >= 11 is 0. The van der Waals surface area contributed by atoms with Crippen molar-refractivity contribution in [3.05, 3.63) is 24.3 Å². The quantitative estimate of drug-likeness (QED) is 0.0308. The van der Waals surface area contributed by atoms with Crippen LogP contribution < -0.4 is 5.32 Å². The highest BCUT2D eigenvalue weighted by atomic mass is 16.3. The molecule has 0 fully saturated rings. The number of aliphatic hydroxyl groups excluding tert-OH is 4. The van der Waals surface area contributed by atoms with Crippen molar-refractivity contribution in [1.29, 1.82) is 0 Å². The predicted molar refractivity (Wildman–Crippen MR) is 298 cm³/mol. The Hall–Kier alpha value is -1.21. The van der Waals surface area contributed by atoms with E-state index in [0.717, 1.165) is 38.5 Å². The molecular weight excluding hydrogens is 839 g/mol. The van der Waals surface area contributed by atoms with E-state index in [1.54, 1.807) is 0 Å². The number of rotatable bonds is 57. The van der Waals surface area contributed by atoms with Gasteiger partial charge in [-0.05, 0) is 51.4 Å². The number of allylic oxidation sites excluding steroid dienone is 4. The SMILES string of the molecule is CCCCCCC/C=C/CC/C=C/CCCC(O)C(O)C(CO)NC(=O)C(O)CCCCCCCCCCCCCCCCCCCCCCCCCCCCCCCCCCCCCCCC. The van der Waals surface area contributed by atoms with E-state index in [2.05, 4.69) is 43.5 Å². The molecule has 0 aromatic rings. The summed E-state index contributed by atoms with van der Waals surface area (Å²) in [6.07, 6.45) is 70.1. The minimum Gasteiger partial charge on any atom is -0.394 e. The fourth-order valence-electron chi connectivity index (χ4n) is 9.84. The van der Waals surface area contributed by atoms with Crippen LogP contribution in [0.15, 0.2) is 24.3 Å². The van der Waals surface area contributed by atoms with Gasteiger partial charge in [0.2, 0.25) is 5.91 Å². The topological polar surface area (TPSA) is 110 Å². The fraction of sp³-hybridized carbons (Fsp3) is 0.919. The molecule has 4 unspecified atom stereocenters. The van der Waals surface area contributed by atoms with Gasteiger partial charge in [-0.1, -0.05) is 308 Å². The molecule has 4 atom stereocenters. The lowest BCUT2D eigenvalue weighted by atomic mass is 10.00. The van der Waals surface area contributed by atoms with Gasteiger partial charge in [0.1, 0.15) is 12.2 Å². The van der Waals surface area contributed by atoms with Crippen LogP contribution in [0.25, 0.3) is 0 Å². The summed E-state index contributed by atoms with van der Waals surface area (Å²) in [5, 5.41) is 43.9. The van der Waals surface area contributed by atoms with Gasteiger partial charge in [-0.3, -0.25) is 4.79 Å². The summed E-state index contributed by atoms with van der Waals surface area (Å²) in [6, 6.07) is -1.01. The molecule has 0 radical (unpaired) electrons. The molecule has 0 aliphatic heterocycles. The van der Waals surface area contributed by atoms with Crippen molar-refractivity contribution in [3.63, 3.8) is 0 Å². The Balaban J connectivity index is 3.48. The van der Waals surface area contributed by atoms with Crippen LogP contribution in [0.3, 0.4) is 0 Å². The van der Waals surface area contributed by atoms with Gasteiger partial charge in [0, 0.05) is 0 Å². The average Bonchev–Trinajstić information content (AvgIpc) is 3.34. The van der Waals surface area contributed by atoms with Crippen molar-refractivity contribution in [1.82, 2.24) is 5.32 Å². The molecule has 68 heavy (non-hydrogen) atoms. The molecule has 0 rings (SSSR count). The van der Waals surface area contributed by atoms with Crippen LogP contribution in [0.1, 0.15) is 335 Å². The first kappa shape index (κ1) is 66.8. The molecule has 6 heteroatoms. The first-order chi connectivity index (χ1) is 33.5. The zero-order valence-corrected chi connectivity index (χ0v) is 45.9. The van der Waals surface area contributed by atoms with E-state index in [9.17, 15) is 25.2 Å². The summed E-state index contributed by atoms with van der Waals surface area (Å²) in [6.45, 7) is 4.05. The van der Waals surface area contributed by atoms with E-state index in [1.165, 1.54) is 263 Å². The van der Waals surface area contributed by atoms with Gasteiger partial charge in [-0.2, -0.15) is 0 Å². The molecule has 0 aliphatic carbocycles. The number of carbonyl (C=O) groups is 1. The lowest BCUT2D eigenvalue weighted by molar-refractivity contribution is -0.132. The Morgan fingerprint density at radius 2 is 0.618 bits per heavy atom. The molecule has 0 bridgehead atoms. The molecule has 0 aliphatic rings. The molecule has 0 saturated heterocycles. The summed E-state index contributed by atoms with van der Waals surface area (Å²) in [7, 11) is 0. The van der Waals surface area contributed by atoms with E-state index in [1.807, 2.05) is 0 Å². The zero-order chi connectivity index (χ0) is 49.5. The van der Waals surface area contributed by atoms with Crippen molar-refractivity contribution < 1.29 is 25.2 Å². The molecular formula is C62H121NO5. The number of amides is 1. The monoisotopic (exact) mass is 960 g/mol. The van der Waals surface area contributed by atoms with Gasteiger partial charge in [-0.25, -0.2) is 0 Å². The molecule has 404 valence electrons. The van der Waals surface area contributed by atoms with Gasteiger partial charge in [0.05, 0.1) is 18.8 Å². The highest BCUT2D eigenvalue weighted by Gasteiger charge is 2.28. The summed E-state index contributed by atoms with van der Waals surface area (Å²) in [5.41, 5.74) is 0. The molecule has 0 heterocycles. The van der Waals surface area contributed by atoms with Gasteiger partial charge < -0.3 is 25.7 Å². The van der Waals surface area contributed by atoms with E-state index < -0.39 is 36.9 Å². The Morgan fingerprint density at radius 3 is 0.926 bits per heavy atom. The smallest absolute Gasteiger partial charge is 0.249 e. The molecule has 1 amide bonds. The van der Waals surface area contributed by atoms with Gasteiger partial charge in [-0.15, -0.1) is 0 Å². The third kappa shape index (κ3) is 49.8. The Morgan fingerprint density at radius 1 is 0.353 bits per heavy atom. The van der Waals surface area contributed by atoms with Crippen LogP contribution in [0.5, 0.6) is 0 Å². The van der Waals surface area contributed by atoms with Crippen molar-refractivity contribution in [2.75, 3.05) is 6.61 Å². The highest BCUT2D eigenvalue weighted by molar-refractivity contribution is 5.80. The third-order valence-corrected chi connectivity index (χ3v) is 14.6. The molecule has 5 N–H and O–H groups in total. The van der Waals surface area contributed by atoms with Crippen molar-refractivity contribution in [2.45, 2.75) is 359 Å². The van der Waals surface area contributed by atoms with Gasteiger partial charge in [0.15, 0.2) is 0 Å². The van der Waals surface area contributed by atoms with E-state index in [-0.39, 0.29) is 0 Å². The van der Waals surface area contributed by atoms with Crippen LogP contribution >= 0.6 is 0 Å². The fourth-order valence-corrected chi connectivity index (χ4v) is 9.84. The van der Waals surface area contributed by atoms with Crippen molar-refractivity contribution >= 4 is 5.91 Å². The zero-order valence-electron chi connectivity index (χ0n) is 45.9. The maximum absolute atomic E-state index is 12.6. The van der Waals surface area contributed by atoms with E-state index >= 15 is 0 Å². The van der Waals surface area contributed by atoms with Crippen molar-refractivity contribution in [3.8, 4) is 0 Å². The maximum atomic E-state index is 12.6. The molecule has 0 aromatic carbocycles.